The molecular formula is C32H42O2Si4. The van der Waals surface area contributed by atoms with Gasteiger partial charge in [-0.1, -0.05) is 149 Å². The molecule has 0 unspecified atom stereocenters. The number of hydrogen-bond acceptors (Lipinski definition) is 2. The van der Waals surface area contributed by atoms with Gasteiger partial charge in [0.1, 0.15) is 0 Å². The van der Waals surface area contributed by atoms with Gasteiger partial charge >= 0.3 is 0 Å². The molecule has 0 aliphatic heterocycles. The molecule has 0 N–H and O–H groups in total. The third-order valence-electron chi connectivity index (χ3n) is 7.95. The number of hydrogen-bond donors (Lipinski definition) is 0. The molecule has 2 nitrogen and oxygen atoms in total. The van der Waals surface area contributed by atoms with Crippen molar-refractivity contribution in [3.63, 3.8) is 0 Å². The van der Waals surface area contributed by atoms with E-state index in [1.54, 1.807) is 0 Å². The highest BCUT2D eigenvalue weighted by atomic mass is 29.3. The van der Waals surface area contributed by atoms with Crippen molar-refractivity contribution in [1.29, 1.82) is 0 Å². The molecule has 0 fully saturated rings. The van der Waals surface area contributed by atoms with Crippen molar-refractivity contribution in [1.82, 2.24) is 0 Å². The lowest BCUT2D eigenvalue weighted by molar-refractivity contribution is 0.536. The zero-order chi connectivity index (χ0) is 26.8. The van der Waals surface area contributed by atoms with Gasteiger partial charge in [0, 0.05) is 0 Å². The highest BCUT2D eigenvalue weighted by Gasteiger charge is 2.60. The fourth-order valence-corrected chi connectivity index (χ4v) is 35.6. The molecule has 4 aromatic rings. The summed E-state index contributed by atoms with van der Waals surface area (Å²) in [6, 6.07) is 48.8. The van der Waals surface area contributed by atoms with Crippen molar-refractivity contribution < 1.29 is 8.23 Å². The standard InChI is InChI=1S/C32H42O2Si4/c1-5-35(6-2)33-37(7-3,8-4)38(31-25-17-11-18-26-31,32-27-19-12-20-28-32)34-36(29-21-13-9-14-22-29)30-23-15-10-16-24-30/h9-28,35-36H,5-8H2,1-4H3. The van der Waals surface area contributed by atoms with Crippen LogP contribution in [0.2, 0.25) is 24.2 Å². The molecule has 0 saturated heterocycles. The molecule has 38 heavy (non-hydrogen) atoms. The highest BCUT2D eigenvalue weighted by Crippen LogP contribution is 2.32. The van der Waals surface area contributed by atoms with E-state index in [0.29, 0.717) is 0 Å². The molecule has 0 spiro atoms. The van der Waals surface area contributed by atoms with Crippen molar-refractivity contribution in [2.45, 2.75) is 51.9 Å². The molecule has 4 rings (SSSR count). The molecular weight excluding hydrogens is 529 g/mol. The van der Waals surface area contributed by atoms with Gasteiger partial charge in [-0.3, -0.25) is 0 Å². The predicted molar refractivity (Wildman–Crippen MR) is 174 cm³/mol. The third-order valence-corrected chi connectivity index (χ3v) is 32.9. The van der Waals surface area contributed by atoms with Crippen LogP contribution < -0.4 is 20.7 Å². The molecule has 0 amide bonds. The van der Waals surface area contributed by atoms with E-state index in [-0.39, 0.29) is 0 Å². The molecule has 0 aliphatic carbocycles. The van der Waals surface area contributed by atoms with Crippen molar-refractivity contribution in [2.24, 2.45) is 0 Å². The summed E-state index contributed by atoms with van der Waals surface area (Å²) in [5.41, 5.74) is 0. The third kappa shape index (κ3) is 5.81. The molecule has 0 heterocycles. The van der Waals surface area contributed by atoms with Crippen molar-refractivity contribution in [2.75, 3.05) is 0 Å². The largest absolute Gasteiger partial charge is 0.457 e. The van der Waals surface area contributed by atoms with Crippen LogP contribution in [0.15, 0.2) is 121 Å². The lowest BCUT2D eigenvalue weighted by Gasteiger charge is -2.49. The molecule has 0 aliphatic rings. The van der Waals surface area contributed by atoms with E-state index < -0.39 is 33.8 Å². The first kappa shape index (κ1) is 28.7. The summed E-state index contributed by atoms with van der Waals surface area (Å²) in [5.74, 6) is 0. The SMILES string of the molecule is CC[SiH](CC)O[Si](CC)(CC)[Si](O[SiH](c1ccccc1)c1ccccc1)(c1ccccc1)c1ccccc1. The van der Waals surface area contributed by atoms with Crippen LogP contribution in [0.3, 0.4) is 0 Å². The van der Waals surface area contributed by atoms with Gasteiger partial charge in [0.2, 0.25) is 16.9 Å². The van der Waals surface area contributed by atoms with Crippen molar-refractivity contribution in [3.8, 4) is 0 Å². The molecule has 6 heteroatoms. The predicted octanol–water partition coefficient (Wildman–Crippen LogP) is 5.15. The first-order valence-electron chi connectivity index (χ1n) is 14.2. The van der Waals surface area contributed by atoms with Crippen LogP contribution in [0.1, 0.15) is 27.7 Å². The Morgan fingerprint density at radius 3 is 1.21 bits per heavy atom. The van der Waals surface area contributed by atoms with Crippen LogP contribution in [0.4, 0.5) is 0 Å². The average molecular weight is 571 g/mol. The summed E-state index contributed by atoms with van der Waals surface area (Å²) in [5, 5.41) is 5.39. The Kier molecular flexibility index (Phi) is 10.3. The Balaban J connectivity index is 2.05. The monoisotopic (exact) mass is 570 g/mol. The summed E-state index contributed by atoms with van der Waals surface area (Å²) in [4.78, 5) is 0. The minimum Gasteiger partial charge on any atom is -0.457 e. The Labute approximate surface area is 235 Å². The average Bonchev–Trinajstić information content (AvgIpc) is 3.01. The van der Waals surface area contributed by atoms with E-state index in [1.165, 1.54) is 20.7 Å². The lowest BCUT2D eigenvalue weighted by Crippen LogP contribution is -2.82. The molecule has 0 saturated carbocycles. The van der Waals surface area contributed by atoms with E-state index in [9.17, 15) is 0 Å². The van der Waals surface area contributed by atoms with Gasteiger partial charge in [0.15, 0.2) is 9.04 Å². The summed E-state index contributed by atoms with van der Waals surface area (Å²) in [7, 11) is -8.70. The maximum atomic E-state index is 8.06. The summed E-state index contributed by atoms with van der Waals surface area (Å²) >= 11 is 0. The van der Waals surface area contributed by atoms with Gasteiger partial charge in [0.25, 0.3) is 7.83 Å². The zero-order valence-electron chi connectivity index (χ0n) is 23.3. The van der Waals surface area contributed by atoms with E-state index in [0.717, 1.165) is 24.2 Å². The number of benzene rings is 4. The van der Waals surface area contributed by atoms with E-state index >= 15 is 0 Å². The van der Waals surface area contributed by atoms with Crippen LogP contribution in [-0.4, -0.2) is 33.8 Å². The minimum absolute atomic E-state index is 1.06. The fraction of sp³-hybridized carbons (Fsp3) is 0.250. The zero-order valence-corrected chi connectivity index (χ0v) is 27.7. The van der Waals surface area contributed by atoms with E-state index in [2.05, 4.69) is 149 Å². The quantitative estimate of drug-likeness (QED) is 0.207. The Hall–Kier alpha value is -2.33. The number of rotatable bonds is 13. The van der Waals surface area contributed by atoms with Gasteiger partial charge in [-0.2, -0.15) is 0 Å². The van der Waals surface area contributed by atoms with Crippen LogP contribution in [-0.2, 0) is 8.23 Å². The Morgan fingerprint density at radius 2 is 0.868 bits per heavy atom. The van der Waals surface area contributed by atoms with Gasteiger partial charge < -0.3 is 8.23 Å². The summed E-state index contributed by atoms with van der Waals surface area (Å²) in [6.45, 7) is 9.41. The van der Waals surface area contributed by atoms with Crippen LogP contribution in [0, 0.1) is 0 Å². The van der Waals surface area contributed by atoms with E-state index in [4.69, 9.17) is 8.23 Å². The molecule has 4 aromatic carbocycles. The first-order valence-corrected chi connectivity index (χ1v) is 23.2. The van der Waals surface area contributed by atoms with Gasteiger partial charge in [-0.15, -0.1) is 0 Å². The molecule has 0 bridgehead atoms. The lowest BCUT2D eigenvalue weighted by atomic mass is 10.4. The van der Waals surface area contributed by atoms with Crippen molar-refractivity contribution >= 4 is 54.5 Å². The van der Waals surface area contributed by atoms with Crippen LogP contribution in [0.25, 0.3) is 0 Å². The molecule has 198 valence electrons. The van der Waals surface area contributed by atoms with Crippen LogP contribution >= 0.6 is 0 Å². The Morgan fingerprint density at radius 1 is 0.500 bits per heavy atom. The topological polar surface area (TPSA) is 18.5 Å². The van der Waals surface area contributed by atoms with Crippen LogP contribution in [0.5, 0.6) is 0 Å². The molecule has 0 atom stereocenters. The fourth-order valence-electron chi connectivity index (χ4n) is 5.81. The normalized spacial score (nSPS) is 12.3. The van der Waals surface area contributed by atoms with Crippen molar-refractivity contribution in [3.05, 3.63) is 121 Å². The smallest absolute Gasteiger partial charge is 0.261 e. The second kappa shape index (κ2) is 13.6. The first-order chi connectivity index (χ1) is 18.6. The van der Waals surface area contributed by atoms with Gasteiger partial charge in [-0.25, -0.2) is 0 Å². The van der Waals surface area contributed by atoms with Gasteiger partial charge in [0.05, 0.1) is 0 Å². The molecule has 0 aromatic heterocycles. The highest BCUT2D eigenvalue weighted by molar-refractivity contribution is 7.49. The summed E-state index contributed by atoms with van der Waals surface area (Å²) in [6.07, 6.45) is 0. The maximum absolute atomic E-state index is 8.06. The minimum atomic E-state index is -2.84. The van der Waals surface area contributed by atoms with Gasteiger partial charge in [-0.05, 0) is 44.9 Å². The second-order valence-electron chi connectivity index (χ2n) is 9.99. The summed E-state index contributed by atoms with van der Waals surface area (Å²) < 4.78 is 15.7. The Bertz CT molecular complexity index is 1140. The molecule has 0 radical (unpaired) electrons. The van der Waals surface area contributed by atoms with E-state index in [1.807, 2.05) is 0 Å². The maximum Gasteiger partial charge on any atom is 0.261 e. The second-order valence-corrected chi connectivity index (χ2v) is 27.6.